The van der Waals surface area contributed by atoms with Crippen molar-refractivity contribution in [2.75, 3.05) is 11.9 Å². The summed E-state index contributed by atoms with van der Waals surface area (Å²) < 4.78 is 5.85. The highest BCUT2D eigenvalue weighted by atomic mass is 16.3. The van der Waals surface area contributed by atoms with Crippen LogP contribution in [0.2, 0.25) is 0 Å². The normalized spacial score (nSPS) is 17.6. The zero-order valence-corrected chi connectivity index (χ0v) is 14.7. The van der Waals surface area contributed by atoms with Crippen LogP contribution in [0.5, 0.6) is 0 Å². The number of amides is 1. The average molecular weight is 349 g/mol. The van der Waals surface area contributed by atoms with E-state index < -0.39 is 0 Å². The molecule has 1 saturated heterocycles. The molecule has 4 rings (SSSR count). The number of furan rings is 1. The Balaban J connectivity index is 1.41. The molecule has 1 fully saturated rings. The Kier molecular flexibility index (Phi) is 4.63. The first-order chi connectivity index (χ1) is 12.7. The Morgan fingerprint density at radius 2 is 2.08 bits per heavy atom. The number of carbonyl (C=O) groups excluding carboxylic acids is 1. The highest BCUT2D eigenvalue weighted by Crippen LogP contribution is 2.22. The molecule has 134 valence electrons. The van der Waals surface area contributed by atoms with Crippen LogP contribution in [0.25, 0.3) is 11.0 Å². The number of primary amides is 1. The van der Waals surface area contributed by atoms with Gasteiger partial charge in [-0.3, -0.25) is 9.69 Å². The molecule has 3 aromatic rings. The molecular weight excluding hydrogens is 326 g/mol. The van der Waals surface area contributed by atoms with Gasteiger partial charge in [0.25, 0.3) is 0 Å². The van der Waals surface area contributed by atoms with Gasteiger partial charge in [0.2, 0.25) is 5.91 Å². The predicted molar refractivity (Wildman–Crippen MR) is 103 cm³/mol. The number of likely N-dealkylation sites (tertiary alicyclic amines) is 1. The number of para-hydroxylation sites is 1. The summed E-state index contributed by atoms with van der Waals surface area (Å²) in [5.41, 5.74) is 8.63. The maximum atomic E-state index is 11.6. The second-order valence-electron chi connectivity index (χ2n) is 6.84. The van der Waals surface area contributed by atoms with Crippen molar-refractivity contribution in [1.82, 2.24) is 4.90 Å². The lowest BCUT2D eigenvalue weighted by Gasteiger charge is -2.22. The lowest BCUT2D eigenvalue weighted by Crippen LogP contribution is -2.39. The molecule has 1 amide bonds. The van der Waals surface area contributed by atoms with Crippen LogP contribution in [0.3, 0.4) is 0 Å². The molecule has 26 heavy (non-hydrogen) atoms. The van der Waals surface area contributed by atoms with Crippen LogP contribution in [-0.4, -0.2) is 23.4 Å². The Labute approximate surface area is 152 Å². The minimum absolute atomic E-state index is 0.137. The second kappa shape index (κ2) is 7.22. The van der Waals surface area contributed by atoms with Crippen LogP contribution in [0.1, 0.15) is 24.2 Å². The SMILES string of the molecule is NC(=O)[C@H]1CCCN1Cc1cccc(NCc2cc3ccccc3o2)c1. The third kappa shape index (κ3) is 3.58. The first kappa shape index (κ1) is 16.7. The van der Waals surface area contributed by atoms with E-state index >= 15 is 0 Å². The molecule has 1 aliphatic heterocycles. The number of rotatable bonds is 6. The summed E-state index contributed by atoms with van der Waals surface area (Å²) >= 11 is 0. The van der Waals surface area contributed by atoms with Crippen molar-refractivity contribution < 1.29 is 9.21 Å². The van der Waals surface area contributed by atoms with Crippen LogP contribution >= 0.6 is 0 Å². The van der Waals surface area contributed by atoms with Crippen LogP contribution in [0, 0.1) is 0 Å². The molecule has 0 radical (unpaired) electrons. The van der Waals surface area contributed by atoms with E-state index in [-0.39, 0.29) is 11.9 Å². The Morgan fingerprint density at radius 3 is 2.92 bits per heavy atom. The smallest absolute Gasteiger partial charge is 0.234 e. The van der Waals surface area contributed by atoms with Gasteiger partial charge in [-0.15, -0.1) is 0 Å². The van der Waals surface area contributed by atoms with Gasteiger partial charge in [-0.2, -0.15) is 0 Å². The number of nitrogens with zero attached hydrogens (tertiary/aromatic N) is 1. The number of hydrogen-bond acceptors (Lipinski definition) is 4. The van der Waals surface area contributed by atoms with Crippen molar-refractivity contribution in [2.45, 2.75) is 32.0 Å². The summed E-state index contributed by atoms with van der Waals surface area (Å²) in [4.78, 5) is 13.7. The lowest BCUT2D eigenvalue weighted by molar-refractivity contribution is -0.122. The fourth-order valence-corrected chi connectivity index (χ4v) is 3.66. The number of carbonyl (C=O) groups is 1. The van der Waals surface area contributed by atoms with Gasteiger partial charge in [-0.1, -0.05) is 30.3 Å². The van der Waals surface area contributed by atoms with Crippen LogP contribution in [-0.2, 0) is 17.9 Å². The molecule has 1 aliphatic rings. The molecule has 0 spiro atoms. The number of hydrogen-bond donors (Lipinski definition) is 2. The summed E-state index contributed by atoms with van der Waals surface area (Å²) in [6, 6.07) is 18.2. The van der Waals surface area contributed by atoms with Crippen molar-refractivity contribution in [3.05, 3.63) is 65.9 Å². The van der Waals surface area contributed by atoms with Gasteiger partial charge in [0.15, 0.2) is 0 Å². The zero-order valence-electron chi connectivity index (χ0n) is 14.7. The highest BCUT2D eigenvalue weighted by molar-refractivity contribution is 5.80. The van der Waals surface area contributed by atoms with Crippen molar-refractivity contribution in [3.63, 3.8) is 0 Å². The Morgan fingerprint density at radius 1 is 1.19 bits per heavy atom. The zero-order chi connectivity index (χ0) is 17.9. The van der Waals surface area contributed by atoms with E-state index in [1.54, 1.807) is 0 Å². The summed E-state index contributed by atoms with van der Waals surface area (Å²) in [6.07, 6.45) is 1.89. The van der Waals surface area contributed by atoms with Crippen molar-refractivity contribution in [3.8, 4) is 0 Å². The van der Waals surface area contributed by atoms with Gasteiger partial charge in [0.05, 0.1) is 12.6 Å². The quantitative estimate of drug-likeness (QED) is 0.714. The molecule has 0 unspecified atom stereocenters. The summed E-state index contributed by atoms with van der Waals surface area (Å²) in [6.45, 7) is 2.30. The van der Waals surface area contributed by atoms with Gasteiger partial charge >= 0.3 is 0 Å². The lowest BCUT2D eigenvalue weighted by atomic mass is 10.1. The molecule has 2 heterocycles. The maximum absolute atomic E-state index is 11.6. The number of anilines is 1. The molecule has 5 nitrogen and oxygen atoms in total. The van der Waals surface area contributed by atoms with E-state index in [4.69, 9.17) is 10.2 Å². The van der Waals surface area contributed by atoms with Gasteiger partial charge in [-0.25, -0.2) is 0 Å². The minimum atomic E-state index is -0.221. The van der Waals surface area contributed by atoms with Gasteiger partial charge in [0.1, 0.15) is 11.3 Å². The summed E-state index contributed by atoms with van der Waals surface area (Å²) in [7, 11) is 0. The average Bonchev–Trinajstić information content (AvgIpc) is 3.26. The van der Waals surface area contributed by atoms with Gasteiger partial charge < -0.3 is 15.5 Å². The molecule has 5 heteroatoms. The molecular formula is C21H23N3O2. The third-order valence-corrected chi connectivity index (χ3v) is 4.95. The van der Waals surface area contributed by atoms with Crippen LogP contribution < -0.4 is 11.1 Å². The predicted octanol–water partition coefficient (Wildman–Crippen LogP) is 3.49. The van der Waals surface area contributed by atoms with Crippen LogP contribution in [0.4, 0.5) is 5.69 Å². The van der Waals surface area contributed by atoms with Crippen molar-refractivity contribution in [2.24, 2.45) is 5.73 Å². The van der Waals surface area contributed by atoms with E-state index in [0.29, 0.717) is 6.54 Å². The fraction of sp³-hybridized carbons (Fsp3) is 0.286. The standard InChI is InChI=1S/C21H23N3O2/c22-21(25)19-8-4-10-24(19)14-15-5-3-7-17(11-15)23-13-18-12-16-6-1-2-9-20(16)26-18/h1-3,5-7,9,11-12,19,23H,4,8,10,13-14H2,(H2,22,25)/t19-/m1/s1. The number of nitrogens with two attached hydrogens (primary N) is 1. The first-order valence-corrected chi connectivity index (χ1v) is 9.03. The number of fused-ring (bicyclic) bond motifs is 1. The molecule has 0 bridgehead atoms. The van der Waals surface area contributed by atoms with Gasteiger partial charge in [-0.05, 0) is 49.2 Å². The molecule has 1 atom stereocenters. The van der Waals surface area contributed by atoms with Crippen molar-refractivity contribution in [1.29, 1.82) is 0 Å². The summed E-state index contributed by atoms with van der Waals surface area (Å²) in [5, 5.41) is 4.53. The van der Waals surface area contributed by atoms with E-state index in [1.165, 1.54) is 5.56 Å². The molecule has 3 N–H and O–H groups in total. The van der Waals surface area contributed by atoms with E-state index in [1.807, 2.05) is 36.4 Å². The topological polar surface area (TPSA) is 71.5 Å². The van der Waals surface area contributed by atoms with Crippen LogP contribution in [0.15, 0.2) is 59.0 Å². The van der Waals surface area contributed by atoms with Crippen molar-refractivity contribution >= 4 is 22.6 Å². The van der Waals surface area contributed by atoms with Gasteiger partial charge in [0, 0.05) is 17.6 Å². The Hall–Kier alpha value is -2.79. The first-order valence-electron chi connectivity index (χ1n) is 9.03. The van der Waals surface area contributed by atoms with E-state index in [0.717, 1.165) is 48.3 Å². The maximum Gasteiger partial charge on any atom is 0.234 e. The number of nitrogens with one attached hydrogen (secondary N) is 1. The largest absolute Gasteiger partial charge is 0.459 e. The monoisotopic (exact) mass is 349 g/mol. The Bertz CT molecular complexity index is 885. The highest BCUT2D eigenvalue weighted by Gasteiger charge is 2.28. The third-order valence-electron chi connectivity index (χ3n) is 4.95. The fourth-order valence-electron chi connectivity index (χ4n) is 3.66. The molecule has 0 saturated carbocycles. The molecule has 2 aromatic carbocycles. The molecule has 0 aliphatic carbocycles. The summed E-state index contributed by atoms with van der Waals surface area (Å²) in [5.74, 6) is 0.687. The number of benzene rings is 2. The van der Waals surface area contributed by atoms with E-state index in [9.17, 15) is 4.79 Å². The minimum Gasteiger partial charge on any atom is -0.459 e. The molecule has 1 aromatic heterocycles. The van der Waals surface area contributed by atoms with E-state index in [2.05, 4.69) is 28.4 Å². The second-order valence-corrected chi connectivity index (χ2v) is 6.84.